The van der Waals surface area contributed by atoms with Crippen molar-refractivity contribution in [2.24, 2.45) is 0 Å². The van der Waals surface area contributed by atoms with Gasteiger partial charge >= 0.3 is 0 Å². The summed E-state index contributed by atoms with van der Waals surface area (Å²) in [6, 6.07) is 15.8. The molecular weight excluding hydrogens is 456 g/mol. The lowest BCUT2D eigenvalue weighted by molar-refractivity contribution is 0.662. The Morgan fingerprint density at radius 3 is 2.39 bits per heavy atom. The van der Waals surface area contributed by atoms with Crippen molar-refractivity contribution in [2.75, 3.05) is 0 Å². The average Bonchev–Trinajstić information content (AvgIpc) is 3.14. The van der Waals surface area contributed by atoms with Crippen LogP contribution in [0.15, 0.2) is 65.4 Å². The second-order valence-electron chi connectivity index (χ2n) is 6.24. The lowest BCUT2D eigenvalue weighted by Gasteiger charge is -2.10. The van der Waals surface area contributed by atoms with Crippen LogP contribution >= 0.6 is 39.7 Å². The second-order valence-corrected chi connectivity index (χ2v) is 7.98. The highest BCUT2D eigenvalue weighted by Crippen LogP contribution is 2.36. The first kappa shape index (κ1) is 19.1. The molecule has 0 unspecified atom stereocenters. The molecule has 0 atom stereocenters. The number of aromatic nitrogens is 4. The number of halogens is 2. The van der Waals surface area contributed by atoms with Gasteiger partial charge in [-0.2, -0.15) is 5.10 Å². The van der Waals surface area contributed by atoms with E-state index < -0.39 is 0 Å². The molecule has 0 amide bonds. The standard InChI is InChI=1S/C21H16BrClN4S/c1-2-27-12-18(19(26-27)14-3-7-15(22)8-4-14)20-17(11-24-21(28)25-20)13-5-9-16(23)10-6-13/h3-12H,2H2,1H3,(H,24,25,28). The van der Waals surface area contributed by atoms with E-state index in [4.69, 9.17) is 28.9 Å². The number of hydrogen-bond acceptors (Lipinski definition) is 3. The van der Waals surface area contributed by atoms with Gasteiger partial charge in [0, 0.05) is 45.1 Å². The number of nitrogens with one attached hydrogen (secondary N) is 1. The molecule has 0 fully saturated rings. The second kappa shape index (κ2) is 7.99. The van der Waals surface area contributed by atoms with Crippen molar-refractivity contribution >= 4 is 39.7 Å². The van der Waals surface area contributed by atoms with E-state index in [-0.39, 0.29) is 0 Å². The van der Waals surface area contributed by atoms with Crippen molar-refractivity contribution in [1.82, 2.24) is 19.7 Å². The Morgan fingerprint density at radius 2 is 1.71 bits per heavy atom. The van der Waals surface area contributed by atoms with Crippen molar-refractivity contribution in [3.63, 3.8) is 0 Å². The maximum absolute atomic E-state index is 6.06. The van der Waals surface area contributed by atoms with Gasteiger partial charge in [-0.15, -0.1) is 0 Å². The smallest absolute Gasteiger partial charge is 0.197 e. The summed E-state index contributed by atoms with van der Waals surface area (Å²) >= 11 is 14.9. The number of hydrogen-bond donors (Lipinski definition) is 1. The fraction of sp³-hybridized carbons (Fsp3) is 0.0952. The van der Waals surface area contributed by atoms with Gasteiger partial charge in [-0.3, -0.25) is 4.68 Å². The quantitative estimate of drug-likeness (QED) is 0.334. The summed E-state index contributed by atoms with van der Waals surface area (Å²) in [5, 5.41) is 5.48. The first-order valence-corrected chi connectivity index (χ1v) is 10.3. The topological polar surface area (TPSA) is 46.5 Å². The lowest BCUT2D eigenvalue weighted by Crippen LogP contribution is -1.93. The molecule has 4 rings (SSSR count). The first-order valence-electron chi connectivity index (χ1n) is 8.74. The normalized spacial score (nSPS) is 11.0. The Kier molecular flexibility index (Phi) is 5.44. The van der Waals surface area contributed by atoms with Crippen LogP contribution in [0.4, 0.5) is 0 Å². The van der Waals surface area contributed by atoms with Gasteiger partial charge in [0.05, 0.1) is 5.69 Å². The van der Waals surface area contributed by atoms with Crippen LogP contribution in [0.5, 0.6) is 0 Å². The highest BCUT2D eigenvalue weighted by Gasteiger charge is 2.17. The van der Waals surface area contributed by atoms with Crippen molar-refractivity contribution in [3.05, 3.63) is 75.2 Å². The minimum Gasteiger partial charge on any atom is -0.330 e. The van der Waals surface area contributed by atoms with E-state index in [0.29, 0.717) is 9.79 Å². The van der Waals surface area contributed by atoms with Gasteiger partial charge in [-0.1, -0.05) is 51.8 Å². The van der Waals surface area contributed by atoms with Crippen molar-refractivity contribution in [2.45, 2.75) is 13.5 Å². The summed E-state index contributed by atoms with van der Waals surface area (Å²) in [6.07, 6.45) is 3.84. The molecule has 4 aromatic rings. The average molecular weight is 472 g/mol. The molecule has 0 saturated heterocycles. The summed E-state index contributed by atoms with van der Waals surface area (Å²) in [5.41, 5.74) is 5.73. The molecular formula is C21H16BrClN4S. The minimum absolute atomic E-state index is 0.429. The summed E-state index contributed by atoms with van der Waals surface area (Å²) in [4.78, 5) is 7.57. The molecule has 0 bridgehead atoms. The molecule has 2 aromatic heterocycles. The third-order valence-electron chi connectivity index (χ3n) is 4.44. The maximum Gasteiger partial charge on any atom is 0.197 e. The number of H-pyrrole nitrogens is 1. The van der Waals surface area contributed by atoms with Gasteiger partial charge in [-0.05, 0) is 49.0 Å². The molecule has 140 valence electrons. The maximum atomic E-state index is 6.06. The number of nitrogens with zero attached hydrogens (tertiary/aromatic N) is 3. The molecule has 0 radical (unpaired) electrons. The third-order valence-corrected chi connectivity index (χ3v) is 5.43. The first-order chi connectivity index (χ1) is 13.5. The van der Waals surface area contributed by atoms with Crippen LogP contribution in [0.1, 0.15) is 6.92 Å². The van der Waals surface area contributed by atoms with E-state index >= 15 is 0 Å². The molecule has 0 aliphatic rings. The van der Waals surface area contributed by atoms with Gasteiger partial charge in [0.15, 0.2) is 4.77 Å². The fourth-order valence-electron chi connectivity index (χ4n) is 3.04. The highest BCUT2D eigenvalue weighted by atomic mass is 79.9. The Balaban J connectivity index is 1.95. The molecule has 4 nitrogen and oxygen atoms in total. The number of aryl methyl sites for hydroxylation is 1. The SMILES string of the molecule is CCn1cc(-c2[nH]c(=S)ncc2-c2ccc(Cl)cc2)c(-c2ccc(Br)cc2)n1. The number of rotatable bonds is 4. The monoisotopic (exact) mass is 470 g/mol. The summed E-state index contributed by atoms with van der Waals surface area (Å²) in [7, 11) is 0. The molecule has 0 aliphatic carbocycles. The van der Waals surface area contributed by atoms with E-state index in [1.54, 1.807) is 6.20 Å². The van der Waals surface area contributed by atoms with E-state index in [0.717, 1.165) is 44.7 Å². The lowest BCUT2D eigenvalue weighted by atomic mass is 9.99. The van der Waals surface area contributed by atoms with Crippen LogP contribution in [0.3, 0.4) is 0 Å². The molecule has 2 heterocycles. The zero-order chi connectivity index (χ0) is 19.7. The van der Waals surface area contributed by atoms with Gasteiger partial charge in [0.25, 0.3) is 0 Å². The Bertz CT molecular complexity index is 1180. The largest absolute Gasteiger partial charge is 0.330 e. The summed E-state index contributed by atoms with van der Waals surface area (Å²) in [5.74, 6) is 0. The molecule has 28 heavy (non-hydrogen) atoms. The van der Waals surface area contributed by atoms with Gasteiger partial charge in [0.1, 0.15) is 5.69 Å². The Morgan fingerprint density at radius 1 is 1.04 bits per heavy atom. The van der Waals surface area contributed by atoms with Crippen LogP contribution in [-0.4, -0.2) is 19.7 Å². The Labute approximate surface area is 181 Å². The van der Waals surface area contributed by atoms with Gasteiger partial charge in [0.2, 0.25) is 0 Å². The highest BCUT2D eigenvalue weighted by molar-refractivity contribution is 9.10. The summed E-state index contributed by atoms with van der Waals surface area (Å²) in [6.45, 7) is 2.84. The van der Waals surface area contributed by atoms with E-state index in [1.807, 2.05) is 59.4 Å². The van der Waals surface area contributed by atoms with Crippen LogP contribution in [0.2, 0.25) is 5.02 Å². The molecule has 0 aliphatic heterocycles. The van der Waals surface area contributed by atoms with Crippen molar-refractivity contribution in [1.29, 1.82) is 0 Å². The zero-order valence-corrected chi connectivity index (χ0v) is 18.1. The van der Waals surface area contributed by atoms with E-state index in [1.165, 1.54) is 0 Å². The van der Waals surface area contributed by atoms with Crippen LogP contribution in [-0.2, 0) is 6.54 Å². The van der Waals surface area contributed by atoms with Crippen LogP contribution < -0.4 is 0 Å². The Hall–Kier alpha value is -2.28. The molecule has 0 saturated carbocycles. The predicted octanol–water partition coefficient (Wildman–Crippen LogP) is 6.77. The van der Waals surface area contributed by atoms with Gasteiger partial charge < -0.3 is 4.98 Å². The van der Waals surface area contributed by atoms with E-state index in [2.05, 4.69) is 32.8 Å². The number of aromatic amines is 1. The molecule has 2 aromatic carbocycles. The molecule has 7 heteroatoms. The van der Waals surface area contributed by atoms with Crippen LogP contribution in [0, 0.1) is 4.77 Å². The predicted molar refractivity (Wildman–Crippen MR) is 120 cm³/mol. The minimum atomic E-state index is 0.429. The van der Waals surface area contributed by atoms with Crippen molar-refractivity contribution in [3.8, 4) is 33.6 Å². The summed E-state index contributed by atoms with van der Waals surface area (Å²) < 4.78 is 3.38. The van der Waals surface area contributed by atoms with Crippen LogP contribution in [0.25, 0.3) is 33.6 Å². The zero-order valence-electron chi connectivity index (χ0n) is 15.0. The molecule has 1 N–H and O–H groups in total. The molecule has 0 spiro atoms. The third kappa shape index (κ3) is 3.81. The van der Waals surface area contributed by atoms with E-state index in [9.17, 15) is 0 Å². The fourth-order valence-corrected chi connectivity index (χ4v) is 3.59. The van der Waals surface area contributed by atoms with Gasteiger partial charge in [-0.25, -0.2) is 4.98 Å². The van der Waals surface area contributed by atoms with Crippen molar-refractivity contribution < 1.29 is 0 Å². The number of benzene rings is 2.